The van der Waals surface area contributed by atoms with Gasteiger partial charge in [-0.2, -0.15) is 0 Å². The molecule has 2 heteroatoms. The van der Waals surface area contributed by atoms with E-state index >= 15 is 0 Å². The molecule has 0 aromatic rings. The Labute approximate surface area is 67.7 Å². The molecule has 0 radical (unpaired) electrons. The molecule has 1 saturated heterocycles. The van der Waals surface area contributed by atoms with Crippen LogP contribution in [0.1, 0.15) is 26.7 Å². The van der Waals surface area contributed by atoms with Gasteiger partial charge in [-0.25, -0.2) is 0 Å². The van der Waals surface area contributed by atoms with Gasteiger partial charge >= 0.3 is 0 Å². The number of alkyl halides is 1. The van der Waals surface area contributed by atoms with Crippen LogP contribution < -0.4 is 0 Å². The summed E-state index contributed by atoms with van der Waals surface area (Å²) in [5.74, 6) is 1.30. The number of halogens is 1. The molecular weight excluding hydrogens is 148 g/mol. The maximum atomic E-state index is 5.65. The van der Waals surface area contributed by atoms with E-state index in [-0.39, 0.29) is 0 Å². The molecule has 0 aromatic carbocycles. The number of rotatable bonds is 2. The Morgan fingerprint density at radius 3 is 2.50 bits per heavy atom. The average molecular weight is 163 g/mol. The zero-order chi connectivity index (χ0) is 7.56. The molecule has 60 valence electrons. The van der Waals surface area contributed by atoms with Crippen molar-refractivity contribution in [2.75, 3.05) is 5.88 Å². The highest BCUT2D eigenvalue weighted by molar-refractivity contribution is 6.18. The minimum atomic E-state index is 0.328. The maximum Gasteiger partial charge on any atom is 0.0715 e. The van der Waals surface area contributed by atoms with Crippen molar-refractivity contribution in [1.82, 2.24) is 0 Å². The van der Waals surface area contributed by atoms with Crippen LogP contribution in [0.3, 0.4) is 0 Å². The smallest absolute Gasteiger partial charge is 0.0715 e. The zero-order valence-corrected chi connectivity index (χ0v) is 7.40. The zero-order valence-electron chi connectivity index (χ0n) is 6.64. The summed E-state index contributed by atoms with van der Waals surface area (Å²) in [6.07, 6.45) is 3.12. The molecular formula is C8H15ClO. The molecule has 1 rings (SSSR count). The van der Waals surface area contributed by atoms with Gasteiger partial charge in [0, 0.05) is 5.88 Å². The third-order valence-corrected chi connectivity index (χ3v) is 2.40. The molecule has 0 saturated carbocycles. The van der Waals surface area contributed by atoms with Crippen molar-refractivity contribution < 1.29 is 4.74 Å². The second-order valence-electron chi connectivity index (χ2n) is 3.27. The first kappa shape index (κ1) is 8.35. The van der Waals surface area contributed by atoms with Crippen molar-refractivity contribution in [1.29, 1.82) is 0 Å². The molecule has 0 unspecified atom stereocenters. The van der Waals surface area contributed by atoms with Gasteiger partial charge in [0.25, 0.3) is 0 Å². The van der Waals surface area contributed by atoms with Crippen LogP contribution in [0.15, 0.2) is 0 Å². The van der Waals surface area contributed by atoms with E-state index in [0.29, 0.717) is 24.0 Å². The summed E-state index contributed by atoms with van der Waals surface area (Å²) in [4.78, 5) is 0. The van der Waals surface area contributed by atoms with Gasteiger partial charge in [0.15, 0.2) is 0 Å². The van der Waals surface area contributed by atoms with E-state index in [0.717, 1.165) is 6.42 Å². The second kappa shape index (κ2) is 3.59. The summed E-state index contributed by atoms with van der Waals surface area (Å²) in [6.45, 7) is 4.39. The van der Waals surface area contributed by atoms with Crippen LogP contribution in [0.25, 0.3) is 0 Å². The molecule has 1 fully saturated rings. The van der Waals surface area contributed by atoms with E-state index in [1.807, 2.05) is 0 Å². The molecule has 10 heavy (non-hydrogen) atoms. The van der Waals surface area contributed by atoms with E-state index in [9.17, 15) is 0 Å². The summed E-state index contributed by atoms with van der Waals surface area (Å²) in [7, 11) is 0. The molecule has 1 nitrogen and oxygen atoms in total. The van der Waals surface area contributed by atoms with Crippen LogP contribution in [0, 0.1) is 5.92 Å². The predicted molar refractivity (Wildman–Crippen MR) is 43.5 cm³/mol. The normalized spacial score (nSPS) is 33.6. The second-order valence-corrected chi connectivity index (χ2v) is 3.58. The SMILES string of the molecule is CC(C)[C@@H]1CC[C@H](CCl)O1. The Bertz CT molecular complexity index is 103. The van der Waals surface area contributed by atoms with Crippen molar-refractivity contribution in [3.05, 3.63) is 0 Å². The summed E-state index contributed by atoms with van der Waals surface area (Å²) >= 11 is 5.65. The van der Waals surface area contributed by atoms with Crippen LogP contribution in [0.2, 0.25) is 0 Å². The fourth-order valence-corrected chi connectivity index (χ4v) is 1.56. The molecule has 1 heterocycles. The monoisotopic (exact) mass is 162 g/mol. The number of hydrogen-bond donors (Lipinski definition) is 0. The van der Waals surface area contributed by atoms with Crippen molar-refractivity contribution in [3.63, 3.8) is 0 Å². The van der Waals surface area contributed by atoms with Gasteiger partial charge in [-0.3, -0.25) is 0 Å². The first-order valence-electron chi connectivity index (χ1n) is 3.95. The van der Waals surface area contributed by atoms with E-state index in [1.165, 1.54) is 6.42 Å². The van der Waals surface area contributed by atoms with Crippen molar-refractivity contribution >= 4 is 11.6 Å². The van der Waals surface area contributed by atoms with Crippen LogP contribution >= 0.6 is 11.6 Å². The minimum absolute atomic E-state index is 0.328. The number of hydrogen-bond acceptors (Lipinski definition) is 1. The van der Waals surface area contributed by atoms with Gasteiger partial charge in [-0.15, -0.1) is 11.6 Å². The average Bonchev–Trinajstić information content (AvgIpc) is 2.34. The van der Waals surface area contributed by atoms with Crippen LogP contribution in [-0.2, 0) is 4.74 Å². The van der Waals surface area contributed by atoms with E-state index in [1.54, 1.807) is 0 Å². The number of ether oxygens (including phenoxy) is 1. The minimum Gasteiger partial charge on any atom is -0.373 e. The fourth-order valence-electron chi connectivity index (χ4n) is 1.34. The lowest BCUT2D eigenvalue weighted by atomic mass is 10.0. The molecule has 0 aromatic heterocycles. The van der Waals surface area contributed by atoms with Gasteiger partial charge < -0.3 is 4.74 Å². The predicted octanol–water partition coefficient (Wildman–Crippen LogP) is 2.43. The summed E-state index contributed by atoms with van der Waals surface area (Å²) in [5, 5.41) is 0. The third-order valence-electron chi connectivity index (χ3n) is 2.06. The first-order valence-corrected chi connectivity index (χ1v) is 4.49. The lowest BCUT2D eigenvalue weighted by Gasteiger charge is -2.14. The molecule has 0 aliphatic carbocycles. The van der Waals surface area contributed by atoms with Crippen molar-refractivity contribution in [3.8, 4) is 0 Å². The van der Waals surface area contributed by atoms with Gasteiger partial charge in [0.05, 0.1) is 12.2 Å². The van der Waals surface area contributed by atoms with Crippen LogP contribution in [0.5, 0.6) is 0 Å². The molecule has 1 aliphatic rings. The maximum absolute atomic E-state index is 5.65. The molecule has 1 aliphatic heterocycles. The Balaban J connectivity index is 2.28. The van der Waals surface area contributed by atoms with Gasteiger partial charge in [-0.1, -0.05) is 13.8 Å². The molecule has 0 spiro atoms. The highest BCUT2D eigenvalue weighted by Crippen LogP contribution is 2.25. The Morgan fingerprint density at radius 1 is 1.50 bits per heavy atom. The third kappa shape index (κ3) is 1.86. The van der Waals surface area contributed by atoms with Crippen molar-refractivity contribution in [2.45, 2.75) is 38.9 Å². The largest absolute Gasteiger partial charge is 0.373 e. The fraction of sp³-hybridized carbons (Fsp3) is 1.00. The highest BCUT2D eigenvalue weighted by atomic mass is 35.5. The Kier molecular flexibility index (Phi) is 2.99. The van der Waals surface area contributed by atoms with Crippen molar-refractivity contribution in [2.24, 2.45) is 5.92 Å². The van der Waals surface area contributed by atoms with Crippen LogP contribution in [-0.4, -0.2) is 18.1 Å². The van der Waals surface area contributed by atoms with E-state index in [4.69, 9.17) is 16.3 Å². The Morgan fingerprint density at radius 2 is 2.20 bits per heavy atom. The van der Waals surface area contributed by atoms with E-state index < -0.39 is 0 Å². The topological polar surface area (TPSA) is 9.23 Å². The van der Waals surface area contributed by atoms with Crippen LogP contribution in [0.4, 0.5) is 0 Å². The molecule has 0 amide bonds. The summed E-state index contributed by atoms with van der Waals surface area (Å²) in [6, 6.07) is 0. The summed E-state index contributed by atoms with van der Waals surface area (Å²) < 4.78 is 5.64. The molecule has 0 N–H and O–H groups in total. The van der Waals surface area contributed by atoms with Gasteiger partial charge in [0.2, 0.25) is 0 Å². The Hall–Kier alpha value is 0.250. The van der Waals surface area contributed by atoms with E-state index in [2.05, 4.69) is 13.8 Å². The molecule has 2 atom stereocenters. The lowest BCUT2D eigenvalue weighted by molar-refractivity contribution is 0.0305. The van der Waals surface area contributed by atoms with Gasteiger partial charge in [-0.05, 0) is 18.8 Å². The highest BCUT2D eigenvalue weighted by Gasteiger charge is 2.26. The van der Waals surface area contributed by atoms with Gasteiger partial charge in [0.1, 0.15) is 0 Å². The summed E-state index contributed by atoms with van der Waals surface area (Å²) in [5.41, 5.74) is 0. The first-order chi connectivity index (χ1) is 4.74. The standard InChI is InChI=1S/C8H15ClO/c1-6(2)8-4-3-7(5-9)10-8/h6-8H,3-5H2,1-2H3/t7-,8+/m1/s1. The lowest BCUT2D eigenvalue weighted by Crippen LogP contribution is -2.17. The molecule has 0 bridgehead atoms. The quantitative estimate of drug-likeness (QED) is 0.567.